The first kappa shape index (κ1) is 14.2. The highest BCUT2D eigenvalue weighted by Crippen LogP contribution is 2.20. The Morgan fingerprint density at radius 2 is 2.00 bits per heavy atom. The first-order valence-electron chi connectivity index (χ1n) is 6.29. The minimum atomic E-state index is 0.245. The van der Waals surface area contributed by atoms with Crippen molar-refractivity contribution in [3.05, 3.63) is 17.2 Å². The van der Waals surface area contributed by atoms with Crippen LogP contribution in [0.15, 0.2) is 6.20 Å². The van der Waals surface area contributed by atoms with E-state index in [9.17, 15) is 0 Å². The molecule has 0 N–H and O–H groups in total. The Hall–Kier alpha value is -1.20. The second-order valence-corrected chi connectivity index (χ2v) is 6.53. The van der Waals surface area contributed by atoms with Crippen molar-refractivity contribution in [1.29, 1.82) is 0 Å². The third-order valence-corrected chi connectivity index (χ3v) is 3.04. The maximum absolute atomic E-state index is 6.17. The molecule has 0 radical (unpaired) electrons. The second kappa shape index (κ2) is 5.06. The van der Waals surface area contributed by atoms with E-state index < -0.39 is 0 Å². The lowest BCUT2D eigenvalue weighted by Crippen LogP contribution is -2.29. The van der Waals surface area contributed by atoms with E-state index in [1.807, 2.05) is 7.05 Å². The van der Waals surface area contributed by atoms with Crippen molar-refractivity contribution >= 4 is 22.6 Å². The molecule has 0 saturated carbocycles. The SMILES string of the molecule is CN(Cc1nc(Cl)c2cnn(C)c2n1)CC(C)(C)C. The van der Waals surface area contributed by atoms with Gasteiger partial charge in [0.2, 0.25) is 0 Å². The molecule has 0 aliphatic heterocycles. The fourth-order valence-electron chi connectivity index (χ4n) is 2.21. The summed E-state index contributed by atoms with van der Waals surface area (Å²) in [5, 5.41) is 5.42. The van der Waals surface area contributed by atoms with Gasteiger partial charge in [-0.3, -0.25) is 9.58 Å². The van der Waals surface area contributed by atoms with Gasteiger partial charge < -0.3 is 0 Å². The highest BCUT2D eigenvalue weighted by molar-refractivity contribution is 6.33. The molecule has 0 aliphatic carbocycles. The molecule has 0 bridgehead atoms. The molecule has 0 aromatic carbocycles. The lowest BCUT2D eigenvalue weighted by Gasteiger charge is -2.25. The summed E-state index contributed by atoms with van der Waals surface area (Å²) < 4.78 is 1.72. The summed E-state index contributed by atoms with van der Waals surface area (Å²) in [5.41, 5.74) is 1.02. The molecule has 5 nitrogen and oxygen atoms in total. The fourth-order valence-corrected chi connectivity index (χ4v) is 2.44. The Balaban J connectivity index is 2.23. The van der Waals surface area contributed by atoms with E-state index in [1.165, 1.54) is 0 Å². The molecule has 2 aromatic heterocycles. The van der Waals surface area contributed by atoms with Crippen molar-refractivity contribution in [2.24, 2.45) is 12.5 Å². The topological polar surface area (TPSA) is 46.8 Å². The Morgan fingerprint density at radius 1 is 1.32 bits per heavy atom. The van der Waals surface area contributed by atoms with Gasteiger partial charge in [-0.2, -0.15) is 5.10 Å². The van der Waals surface area contributed by atoms with E-state index in [0.717, 1.165) is 23.4 Å². The van der Waals surface area contributed by atoms with Crippen LogP contribution in [-0.4, -0.2) is 38.2 Å². The second-order valence-electron chi connectivity index (χ2n) is 6.17. The van der Waals surface area contributed by atoms with Crippen LogP contribution in [0.5, 0.6) is 0 Å². The Morgan fingerprint density at radius 3 is 2.63 bits per heavy atom. The quantitative estimate of drug-likeness (QED) is 0.811. The third kappa shape index (κ3) is 3.42. The molecule has 104 valence electrons. The zero-order valence-electron chi connectivity index (χ0n) is 12.1. The van der Waals surface area contributed by atoms with Crippen LogP contribution in [0.25, 0.3) is 11.0 Å². The molecule has 0 fully saturated rings. The normalized spacial score (nSPS) is 12.6. The van der Waals surface area contributed by atoms with Gasteiger partial charge in [-0.1, -0.05) is 32.4 Å². The average molecular weight is 282 g/mol. The van der Waals surface area contributed by atoms with E-state index in [0.29, 0.717) is 11.7 Å². The van der Waals surface area contributed by atoms with Crippen LogP contribution < -0.4 is 0 Å². The van der Waals surface area contributed by atoms with Crippen LogP contribution in [0.3, 0.4) is 0 Å². The molecule has 0 atom stereocenters. The number of fused-ring (bicyclic) bond motifs is 1. The maximum Gasteiger partial charge on any atom is 0.162 e. The summed E-state index contributed by atoms with van der Waals surface area (Å²) in [6.07, 6.45) is 1.69. The van der Waals surface area contributed by atoms with Crippen molar-refractivity contribution in [1.82, 2.24) is 24.6 Å². The van der Waals surface area contributed by atoms with E-state index in [4.69, 9.17) is 11.6 Å². The number of aryl methyl sites for hydroxylation is 1. The van der Waals surface area contributed by atoms with Crippen LogP contribution in [0.1, 0.15) is 26.6 Å². The van der Waals surface area contributed by atoms with Gasteiger partial charge in [0, 0.05) is 13.6 Å². The van der Waals surface area contributed by atoms with Crippen molar-refractivity contribution in [3.8, 4) is 0 Å². The van der Waals surface area contributed by atoms with Gasteiger partial charge in [0.05, 0.1) is 18.1 Å². The molecule has 19 heavy (non-hydrogen) atoms. The highest BCUT2D eigenvalue weighted by atomic mass is 35.5. The monoisotopic (exact) mass is 281 g/mol. The molecule has 0 unspecified atom stereocenters. The van der Waals surface area contributed by atoms with Gasteiger partial charge in [-0.05, 0) is 12.5 Å². The standard InChI is InChI=1S/C13H20ClN5/c1-13(2,3)8-18(4)7-10-16-11(14)9-6-15-19(5)12(9)17-10/h6H,7-8H2,1-5H3. The van der Waals surface area contributed by atoms with Crippen molar-refractivity contribution < 1.29 is 0 Å². The first-order valence-corrected chi connectivity index (χ1v) is 6.67. The highest BCUT2D eigenvalue weighted by Gasteiger charge is 2.16. The summed E-state index contributed by atoms with van der Waals surface area (Å²) in [6.45, 7) is 8.28. The van der Waals surface area contributed by atoms with Crippen LogP contribution in [0.4, 0.5) is 0 Å². The summed E-state index contributed by atoms with van der Waals surface area (Å²) in [7, 11) is 3.92. The summed E-state index contributed by atoms with van der Waals surface area (Å²) >= 11 is 6.17. The van der Waals surface area contributed by atoms with Gasteiger partial charge in [-0.25, -0.2) is 9.97 Å². The first-order chi connectivity index (χ1) is 8.76. The number of aromatic nitrogens is 4. The molecule has 0 amide bonds. The number of nitrogens with zero attached hydrogens (tertiary/aromatic N) is 5. The van der Waals surface area contributed by atoms with Crippen LogP contribution >= 0.6 is 11.6 Å². The molecule has 2 rings (SSSR count). The predicted octanol–water partition coefficient (Wildman–Crippen LogP) is 2.49. The zero-order valence-corrected chi connectivity index (χ0v) is 12.9. The molecular formula is C13H20ClN5. The Kier molecular flexibility index (Phi) is 3.78. The molecule has 2 aromatic rings. The van der Waals surface area contributed by atoms with Crippen LogP contribution in [0.2, 0.25) is 5.15 Å². The van der Waals surface area contributed by atoms with Crippen molar-refractivity contribution in [2.75, 3.05) is 13.6 Å². The van der Waals surface area contributed by atoms with Crippen LogP contribution in [-0.2, 0) is 13.6 Å². The van der Waals surface area contributed by atoms with E-state index in [2.05, 4.69) is 47.8 Å². The lowest BCUT2D eigenvalue weighted by atomic mass is 9.96. The van der Waals surface area contributed by atoms with Gasteiger partial charge in [0.25, 0.3) is 0 Å². The minimum absolute atomic E-state index is 0.245. The van der Waals surface area contributed by atoms with Gasteiger partial charge in [-0.15, -0.1) is 0 Å². The molecule has 0 spiro atoms. The number of hydrogen-bond acceptors (Lipinski definition) is 4. The number of rotatable bonds is 3. The smallest absolute Gasteiger partial charge is 0.162 e. The lowest BCUT2D eigenvalue weighted by molar-refractivity contribution is 0.217. The van der Waals surface area contributed by atoms with E-state index in [1.54, 1.807) is 10.9 Å². The summed E-state index contributed by atoms with van der Waals surface area (Å²) in [4.78, 5) is 11.1. The summed E-state index contributed by atoms with van der Waals surface area (Å²) in [5.74, 6) is 0.729. The Bertz CT molecular complexity index is 584. The van der Waals surface area contributed by atoms with Gasteiger partial charge in [0.15, 0.2) is 5.65 Å². The zero-order chi connectivity index (χ0) is 14.2. The molecule has 0 aliphatic rings. The third-order valence-electron chi connectivity index (χ3n) is 2.75. The van der Waals surface area contributed by atoms with E-state index in [-0.39, 0.29) is 5.41 Å². The minimum Gasteiger partial charge on any atom is -0.298 e. The Labute approximate surface area is 118 Å². The largest absolute Gasteiger partial charge is 0.298 e. The van der Waals surface area contributed by atoms with Gasteiger partial charge in [0.1, 0.15) is 11.0 Å². The van der Waals surface area contributed by atoms with Crippen molar-refractivity contribution in [3.63, 3.8) is 0 Å². The van der Waals surface area contributed by atoms with E-state index >= 15 is 0 Å². The number of hydrogen-bond donors (Lipinski definition) is 0. The van der Waals surface area contributed by atoms with Gasteiger partial charge >= 0.3 is 0 Å². The number of halogens is 1. The molecule has 2 heterocycles. The predicted molar refractivity (Wildman–Crippen MR) is 77.1 cm³/mol. The molecule has 6 heteroatoms. The summed E-state index contributed by atoms with van der Waals surface area (Å²) in [6, 6.07) is 0. The molecule has 0 saturated heterocycles. The van der Waals surface area contributed by atoms with Crippen LogP contribution in [0, 0.1) is 5.41 Å². The molecular weight excluding hydrogens is 262 g/mol. The average Bonchev–Trinajstić information content (AvgIpc) is 2.58. The van der Waals surface area contributed by atoms with Crippen molar-refractivity contribution in [2.45, 2.75) is 27.3 Å². The maximum atomic E-state index is 6.17. The fraction of sp³-hybridized carbons (Fsp3) is 0.615.